The molecule has 2 aromatic rings. The highest BCUT2D eigenvalue weighted by Gasteiger charge is 2.51. The lowest BCUT2D eigenvalue weighted by atomic mass is 9.78. The molecule has 21 nitrogen and oxygen atoms in total. The number of nitrogens with zero attached hydrogens (tertiary/aromatic N) is 4. The van der Waals surface area contributed by atoms with Gasteiger partial charge in [0.1, 0.15) is 52.1 Å². The van der Waals surface area contributed by atoms with Crippen molar-refractivity contribution in [1.82, 2.24) is 9.80 Å². The minimum absolute atomic E-state index is 0.0107. The fraction of sp³-hybridized carbons (Fsp3) is 0.632. The molecule has 1 fully saturated rings. The second kappa shape index (κ2) is 27.4. The topological polar surface area (TPSA) is 279 Å². The van der Waals surface area contributed by atoms with E-state index in [1.54, 1.807) is 44.7 Å². The summed E-state index contributed by atoms with van der Waals surface area (Å²) in [7, 11) is 0.735. The number of likely N-dealkylation sites (tertiary alicyclic amines) is 1. The highest BCUT2D eigenvalue weighted by Crippen LogP contribution is 2.51. The van der Waals surface area contributed by atoms with Crippen LogP contribution in [0, 0.1) is 36.5 Å². The van der Waals surface area contributed by atoms with Crippen LogP contribution in [0.1, 0.15) is 117 Å². The van der Waals surface area contributed by atoms with Gasteiger partial charge in [0.15, 0.2) is 22.7 Å². The highest BCUT2D eigenvalue weighted by atomic mass is 31.1. The van der Waals surface area contributed by atoms with E-state index in [4.69, 9.17) is 33.4 Å². The smallest absolute Gasteiger partial charge is 0.320 e. The Kier molecular flexibility index (Phi) is 21.7. The number of allylic oxidation sites excluding steroid dienone is 2. The van der Waals surface area contributed by atoms with E-state index in [-0.39, 0.29) is 106 Å². The fourth-order valence-corrected chi connectivity index (χ4v) is 11.7. The molecule has 7 rings (SSSR count). The second-order valence-corrected chi connectivity index (χ2v) is 24.2. The third-order valence-corrected chi connectivity index (χ3v) is 17.1. The number of benzene rings is 2. The van der Waals surface area contributed by atoms with Gasteiger partial charge >= 0.3 is 23.7 Å². The summed E-state index contributed by atoms with van der Waals surface area (Å²) in [6.45, 7) is 20.8. The number of Topliss-reactive ketones (excluding diaryl/α,β-unsaturated/α-hetero) is 1. The van der Waals surface area contributed by atoms with Gasteiger partial charge in [0.25, 0.3) is 11.7 Å². The summed E-state index contributed by atoms with van der Waals surface area (Å²) in [5, 5.41) is 39.4. The van der Waals surface area contributed by atoms with Crippen LogP contribution in [-0.2, 0) is 52.0 Å². The summed E-state index contributed by atoms with van der Waals surface area (Å²) in [6, 6.07) is 0. The molecule has 80 heavy (non-hydrogen) atoms. The molecular formula is C57H79N5O16P2. The van der Waals surface area contributed by atoms with E-state index in [0.29, 0.717) is 38.3 Å². The standard InChI is InChI=1S/C57H79N5O16P2/c1-13-15-39(64)74-27-25-61(22-18-41(79-71)80-72)29-40(65)77-51-31(4)16-14-17-32(5)55(70)58-47-46-45(59-57(60-46)20-23-62(24-21-57)28-30(2)3)42-43(50(47)68)49(67)36(9)53-44(42)54(69)56(11,78-53)75-26-19-38(73-12)33(6)52(76-37(10)63)35(8)48(66)34(51)7/h14,16-17,19,26,30-31,33-35,38,41,48,51-52,59,66-68H,13,15,18,20-25,27-29H2,1-12H3/b16-14+,26-19+,32-17-,58-47?/t31-,33+,34-,35+,38-,48+,51-,52+,56-/m0/s1. The van der Waals surface area contributed by atoms with E-state index in [9.17, 15) is 48.4 Å². The average Bonchev–Trinajstić information content (AvgIpc) is 4.15. The van der Waals surface area contributed by atoms with Crippen molar-refractivity contribution in [2.24, 2.45) is 39.6 Å². The maximum absolute atomic E-state index is 15.0. The first-order valence-electron chi connectivity index (χ1n) is 27.5. The Hall–Kier alpha value is -5.69. The molecule has 0 radical (unpaired) electrons. The molecule has 23 heteroatoms. The van der Waals surface area contributed by atoms with Crippen LogP contribution in [0.4, 0.5) is 5.69 Å². The number of aromatic hydroxyl groups is 2. The van der Waals surface area contributed by atoms with Gasteiger partial charge < -0.3 is 54.0 Å². The quantitative estimate of drug-likeness (QED) is 0.0525. The summed E-state index contributed by atoms with van der Waals surface area (Å²) in [6.07, 6.45) is 5.22. The molecule has 2 aromatic carbocycles. The van der Waals surface area contributed by atoms with E-state index in [1.807, 2.05) is 6.92 Å². The number of aliphatic hydroxyl groups excluding tert-OH is 1. The van der Waals surface area contributed by atoms with Crippen molar-refractivity contribution in [3.63, 3.8) is 0 Å². The first kappa shape index (κ1) is 63.5. The zero-order valence-corrected chi connectivity index (χ0v) is 49.8. The Balaban J connectivity index is 1.48. The zero-order chi connectivity index (χ0) is 59.0. The third-order valence-electron chi connectivity index (χ3n) is 15.6. The number of aliphatic hydroxyl groups is 1. The Morgan fingerprint density at radius 3 is 2.24 bits per heavy atom. The number of methoxy groups -OCH3 is 1. The molecule has 1 spiro atoms. The van der Waals surface area contributed by atoms with Gasteiger partial charge in [0, 0.05) is 113 Å². The van der Waals surface area contributed by atoms with Crippen LogP contribution in [0.25, 0.3) is 10.8 Å². The number of rotatable bonds is 17. The minimum Gasteiger partial charge on any atom is -0.507 e. The number of piperidine rings is 1. The predicted octanol–water partition coefficient (Wildman–Crippen LogP) is 7.25. The van der Waals surface area contributed by atoms with Crippen molar-refractivity contribution in [2.75, 3.05) is 58.3 Å². The summed E-state index contributed by atoms with van der Waals surface area (Å²) in [4.78, 5) is 82.0. The lowest BCUT2D eigenvalue weighted by Crippen LogP contribution is -2.48. The van der Waals surface area contributed by atoms with Gasteiger partial charge in [-0.25, -0.2) is 4.99 Å². The number of carbonyl (C=O) groups excluding carboxylic acids is 5. The lowest BCUT2D eigenvalue weighted by Gasteiger charge is -2.39. The average molecular weight is 1150 g/mol. The van der Waals surface area contributed by atoms with Crippen LogP contribution in [0.15, 0.2) is 46.1 Å². The number of ketones is 1. The fourth-order valence-electron chi connectivity index (χ4n) is 11.1. The van der Waals surface area contributed by atoms with E-state index in [1.165, 1.54) is 53.2 Å². The second-order valence-electron chi connectivity index (χ2n) is 22.2. The maximum atomic E-state index is 15.0. The molecule has 438 valence electrons. The van der Waals surface area contributed by atoms with Crippen molar-refractivity contribution < 1.29 is 76.8 Å². The SMILES string of the molecule is CCCC(=O)OCCN(CCC(P=O)P=O)CC(=O)O[C@@H]1[C@@H](C)[C@@H](O)[C@@H](C)[C@H](OC(C)=O)[C@H](C)[C@@H](OC)/C=C/O[C@@]2(C)Oc3c(C)c(O)c4c(O)c(c5c(c4c3C2=O)NC2(CCN(CC(C)C)CC2)N=5)=NC(=O)/C(C)=C\C=C\[C@@H]1C. The molecular weight excluding hydrogens is 1070 g/mol. The van der Waals surface area contributed by atoms with Crippen LogP contribution in [-0.4, -0.2) is 149 Å². The molecule has 0 aliphatic carbocycles. The maximum Gasteiger partial charge on any atom is 0.320 e. The number of hydrogen-bond acceptors (Lipinski definition) is 20. The van der Waals surface area contributed by atoms with Gasteiger partial charge in [0.2, 0.25) is 0 Å². The number of hydrogen-bond donors (Lipinski definition) is 4. The molecule has 9 atom stereocenters. The van der Waals surface area contributed by atoms with E-state index >= 15 is 0 Å². The van der Waals surface area contributed by atoms with Crippen LogP contribution in [0.2, 0.25) is 0 Å². The largest absolute Gasteiger partial charge is 0.507 e. The molecule has 5 aliphatic heterocycles. The van der Waals surface area contributed by atoms with Gasteiger partial charge in [-0.1, -0.05) is 66.7 Å². The number of carbonyl (C=O) groups is 5. The van der Waals surface area contributed by atoms with Crippen LogP contribution >= 0.6 is 16.9 Å². The molecule has 5 heterocycles. The van der Waals surface area contributed by atoms with Gasteiger partial charge in [-0.2, -0.15) is 0 Å². The summed E-state index contributed by atoms with van der Waals surface area (Å²) >= 11 is 0. The zero-order valence-electron chi connectivity index (χ0n) is 48.0. The van der Waals surface area contributed by atoms with E-state index in [2.05, 4.69) is 29.1 Å². The van der Waals surface area contributed by atoms with Gasteiger partial charge in [-0.3, -0.25) is 43.0 Å². The monoisotopic (exact) mass is 1150 g/mol. The minimum atomic E-state index is -2.03. The molecule has 0 unspecified atom stereocenters. The number of fused-ring (bicyclic) bond motifs is 13. The lowest BCUT2D eigenvalue weighted by molar-refractivity contribution is -0.166. The van der Waals surface area contributed by atoms with Crippen molar-refractivity contribution in [2.45, 2.75) is 150 Å². The first-order valence-corrected chi connectivity index (χ1v) is 29.2. The Bertz CT molecular complexity index is 2900. The molecule has 1 saturated heterocycles. The predicted molar refractivity (Wildman–Crippen MR) is 298 cm³/mol. The molecule has 0 saturated carbocycles. The Morgan fingerprint density at radius 2 is 1.61 bits per heavy atom. The van der Waals surface area contributed by atoms with Crippen LogP contribution in [0.5, 0.6) is 17.2 Å². The highest BCUT2D eigenvalue weighted by molar-refractivity contribution is 7.44. The van der Waals surface area contributed by atoms with E-state index in [0.717, 1.165) is 6.54 Å². The molecule has 0 aromatic heterocycles. The summed E-state index contributed by atoms with van der Waals surface area (Å²) < 4.78 is 59.4. The van der Waals surface area contributed by atoms with Gasteiger partial charge in [-0.15, -0.1) is 0 Å². The normalized spacial score (nSPS) is 28.1. The van der Waals surface area contributed by atoms with Crippen molar-refractivity contribution in [3.05, 3.63) is 58.0 Å². The van der Waals surface area contributed by atoms with Gasteiger partial charge in [-0.05, 0) is 38.7 Å². The van der Waals surface area contributed by atoms with Crippen molar-refractivity contribution in [1.29, 1.82) is 0 Å². The number of phenols is 2. The number of anilines is 1. The van der Waals surface area contributed by atoms with Crippen LogP contribution in [0.3, 0.4) is 0 Å². The van der Waals surface area contributed by atoms with Crippen molar-refractivity contribution >= 4 is 63.0 Å². The van der Waals surface area contributed by atoms with E-state index < -0.39 is 106 Å². The Morgan fingerprint density at radius 1 is 0.938 bits per heavy atom. The van der Waals surface area contributed by atoms with Gasteiger partial charge in [0.05, 0.1) is 41.7 Å². The first-order chi connectivity index (χ1) is 37.8. The van der Waals surface area contributed by atoms with Crippen LogP contribution < -0.4 is 20.8 Å². The number of esters is 3. The summed E-state index contributed by atoms with van der Waals surface area (Å²) in [5.74, 6) is -8.88. The summed E-state index contributed by atoms with van der Waals surface area (Å²) in [5.41, 5.74) is -0.411. The molecule has 4 N–H and O–H groups in total. The molecule has 5 aliphatic rings. The third kappa shape index (κ3) is 14.3. The molecule has 5 bridgehead atoms. The van der Waals surface area contributed by atoms with Crippen molar-refractivity contribution in [3.8, 4) is 17.2 Å². The number of phenolic OH excluding ortho intramolecular Hbond substituents is 2. The molecule has 1 amide bonds. The Labute approximate surface area is 470 Å². The number of amides is 1. The number of ether oxygens (including phenoxy) is 6. The number of nitrogens with one attached hydrogen (secondary N) is 1.